The third kappa shape index (κ3) is 3.34. The lowest BCUT2D eigenvalue weighted by Gasteiger charge is -2.18. The second kappa shape index (κ2) is 6.61. The summed E-state index contributed by atoms with van der Waals surface area (Å²) < 4.78 is 40.8. The van der Waals surface area contributed by atoms with Gasteiger partial charge in [-0.2, -0.15) is 0 Å². The molecular weight excluding hydrogens is 307 g/mol. The number of likely N-dealkylation sites (N-methyl/N-ethyl adjacent to an activating group) is 1. The van der Waals surface area contributed by atoms with Crippen LogP contribution in [-0.2, 0) is 6.42 Å². The zero-order valence-corrected chi connectivity index (χ0v) is 12.3. The zero-order chi connectivity index (χ0) is 14.7. The van der Waals surface area contributed by atoms with Crippen molar-refractivity contribution in [2.45, 2.75) is 19.4 Å². The molecule has 108 valence electrons. The van der Waals surface area contributed by atoms with Gasteiger partial charge in [-0.05, 0) is 24.7 Å². The molecule has 1 aromatic heterocycles. The van der Waals surface area contributed by atoms with E-state index >= 15 is 0 Å². The summed E-state index contributed by atoms with van der Waals surface area (Å²) in [7, 11) is 0. The van der Waals surface area contributed by atoms with Crippen LogP contribution in [0.25, 0.3) is 0 Å². The normalized spacial score (nSPS) is 12.7. The maximum atomic E-state index is 13.9. The molecule has 20 heavy (non-hydrogen) atoms. The molecule has 0 aliphatic carbocycles. The van der Waals surface area contributed by atoms with Crippen LogP contribution in [0.5, 0.6) is 0 Å². The van der Waals surface area contributed by atoms with E-state index in [2.05, 4.69) is 5.32 Å². The number of halogens is 4. The van der Waals surface area contributed by atoms with Crippen molar-refractivity contribution in [1.82, 2.24) is 5.32 Å². The third-order valence-corrected chi connectivity index (χ3v) is 4.18. The van der Waals surface area contributed by atoms with Crippen molar-refractivity contribution in [3.63, 3.8) is 0 Å². The number of hydrogen-bond acceptors (Lipinski definition) is 2. The van der Waals surface area contributed by atoms with Crippen LogP contribution in [0.1, 0.15) is 23.4 Å². The van der Waals surface area contributed by atoms with Crippen molar-refractivity contribution in [3.8, 4) is 0 Å². The minimum Gasteiger partial charge on any atom is -0.310 e. The van der Waals surface area contributed by atoms with Crippen LogP contribution in [0.2, 0.25) is 4.34 Å². The van der Waals surface area contributed by atoms with Gasteiger partial charge >= 0.3 is 0 Å². The number of benzene rings is 1. The maximum Gasteiger partial charge on any atom is 0.194 e. The Labute approximate surface area is 124 Å². The fourth-order valence-corrected chi connectivity index (χ4v) is 3.14. The molecule has 1 heterocycles. The highest BCUT2D eigenvalue weighted by molar-refractivity contribution is 7.16. The SMILES string of the molecule is CCNC(Cc1ccc(Cl)s1)c1ccc(F)c(F)c1F. The Morgan fingerprint density at radius 2 is 1.90 bits per heavy atom. The van der Waals surface area contributed by atoms with Gasteiger partial charge in [-0.15, -0.1) is 11.3 Å². The van der Waals surface area contributed by atoms with E-state index in [4.69, 9.17) is 11.6 Å². The van der Waals surface area contributed by atoms with E-state index in [0.29, 0.717) is 17.3 Å². The fraction of sp³-hybridized carbons (Fsp3) is 0.286. The molecule has 1 aromatic carbocycles. The highest BCUT2D eigenvalue weighted by Crippen LogP contribution is 2.28. The number of hydrogen-bond donors (Lipinski definition) is 1. The van der Waals surface area contributed by atoms with Crippen molar-refractivity contribution in [2.75, 3.05) is 6.54 Å². The minimum atomic E-state index is -1.44. The van der Waals surface area contributed by atoms with Crippen molar-refractivity contribution >= 4 is 22.9 Å². The predicted octanol–water partition coefficient (Wildman–Crippen LogP) is 4.71. The van der Waals surface area contributed by atoms with Gasteiger partial charge in [-0.1, -0.05) is 24.6 Å². The summed E-state index contributed by atoms with van der Waals surface area (Å²) in [4.78, 5) is 0.949. The second-order valence-electron chi connectivity index (χ2n) is 4.28. The lowest BCUT2D eigenvalue weighted by atomic mass is 10.0. The van der Waals surface area contributed by atoms with Gasteiger partial charge in [0.25, 0.3) is 0 Å². The summed E-state index contributed by atoms with van der Waals surface area (Å²) in [5, 5.41) is 3.08. The lowest BCUT2D eigenvalue weighted by Crippen LogP contribution is -2.24. The molecule has 0 spiro atoms. The van der Waals surface area contributed by atoms with E-state index in [-0.39, 0.29) is 5.56 Å². The number of thiophene rings is 1. The summed E-state index contributed by atoms with van der Waals surface area (Å²) in [5.74, 6) is -3.76. The number of nitrogens with one attached hydrogen (secondary N) is 1. The average Bonchev–Trinajstić information content (AvgIpc) is 2.81. The van der Waals surface area contributed by atoms with Crippen LogP contribution < -0.4 is 5.32 Å². The molecule has 0 fully saturated rings. The van der Waals surface area contributed by atoms with E-state index in [0.717, 1.165) is 10.9 Å². The molecule has 2 aromatic rings. The lowest BCUT2D eigenvalue weighted by molar-refractivity contribution is 0.425. The van der Waals surface area contributed by atoms with Gasteiger partial charge in [0.1, 0.15) is 0 Å². The van der Waals surface area contributed by atoms with Gasteiger partial charge in [0, 0.05) is 22.9 Å². The van der Waals surface area contributed by atoms with E-state index in [1.54, 1.807) is 6.07 Å². The van der Waals surface area contributed by atoms with Crippen LogP contribution in [0, 0.1) is 17.5 Å². The molecule has 1 atom stereocenters. The Morgan fingerprint density at radius 3 is 2.50 bits per heavy atom. The topological polar surface area (TPSA) is 12.0 Å². The standard InChI is InChI=1S/C14H13ClF3NS/c1-2-19-11(7-8-3-6-12(15)20-8)9-4-5-10(16)14(18)13(9)17/h3-6,11,19H,2,7H2,1H3. The molecular formula is C14H13ClF3NS. The third-order valence-electron chi connectivity index (χ3n) is 2.93. The Hall–Kier alpha value is -1.04. The Morgan fingerprint density at radius 1 is 1.15 bits per heavy atom. The van der Waals surface area contributed by atoms with E-state index in [9.17, 15) is 13.2 Å². The molecule has 1 nitrogen and oxygen atoms in total. The van der Waals surface area contributed by atoms with Crippen LogP contribution in [0.4, 0.5) is 13.2 Å². The minimum absolute atomic E-state index is 0.121. The number of rotatable bonds is 5. The molecule has 0 saturated carbocycles. The van der Waals surface area contributed by atoms with E-state index in [1.165, 1.54) is 17.4 Å². The van der Waals surface area contributed by atoms with Gasteiger partial charge in [0.2, 0.25) is 0 Å². The highest BCUT2D eigenvalue weighted by atomic mass is 35.5. The van der Waals surface area contributed by atoms with Crippen molar-refractivity contribution in [1.29, 1.82) is 0 Å². The molecule has 0 bridgehead atoms. The smallest absolute Gasteiger partial charge is 0.194 e. The largest absolute Gasteiger partial charge is 0.310 e. The maximum absolute atomic E-state index is 13.9. The molecule has 0 radical (unpaired) electrons. The molecule has 2 rings (SSSR count). The van der Waals surface area contributed by atoms with Crippen molar-refractivity contribution < 1.29 is 13.2 Å². The molecule has 0 aliphatic rings. The Balaban J connectivity index is 2.31. The first-order valence-corrected chi connectivity index (χ1v) is 7.33. The molecule has 0 amide bonds. The zero-order valence-electron chi connectivity index (χ0n) is 10.7. The molecule has 1 N–H and O–H groups in total. The van der Waals surface area contributed by atoms with Crippen molar-refractivity contribution in [2.24, 2.45) is 0 Å². The first-order chi connectivity index (χ1) is 9.52. The van der Waals surface area contributed by atoms with Crippen LogP contribution in [-0.4, -0.2) is 6.54 Å². The van der Waals surface area contributed by atoms with Crippen LogP contribution in [0.15, 0.2) is 24.3 Å². The van der Waals surface area contributed by atoms with Gasteiger partial charge < -0.3 is 5.32 Å². The van der Waals surface area contributed by atoms with Gasteiger partial charge in [0.05, 0.1) is 4.34 Å². The summed E-state index contributed by atoms with van der Waals surface area (Å²) in [6.07, 6.45) is 0.465. The van der Waals surface area contributed by atoms with Crippen LogP contribution in [0.3, 0.4) is 0 Å². The molecule has 1 unspecified atom stereocenters. The van der Waals surface area contributed by atoms with Crippen LogP contribution >= 0.6 is 22.9 Å². The quantitative estimate of drug-likeness (QED) is 0.787. The van der Waals surface area contributed by atoms with Gasteiger partial charge in [-0.3, -0.25) is 0 Å². The molecule has 0 aliphatic heterocycles. The predicted molar refractivity (Wildman–Crippen MR) is 75.8 cm³/mol. The summed E-state index contributed by atoms with van der Waals surface area (Å²) >= 11 is 7.24. The van der Waals surface area contributed by atoms with Gasteiger partial charge in [0.15, 0.2) is 17.5 Å². The van der Waals surface area contributed by atoms with Gasteiger partial charge in [-0.25, -0.2) is 13.2 Å². The Bertz CT molecular complexity index is 600. The molecule has 0 saturated heterocycles. The second-order valence-corrected chi connectivity index (χ2v) is 6.08. The van der Waals surface area contributed by atoms with Crippen molar-refractivity contribution in [3.05, 3.63) is 56.5 Å². The Kier molecular flexibility index (Phi) is 5.07. The summed E-state index contributed by atoms with van der Waals surface area (Å²) in [6.45, 7) is 2.45. The highest BCUT2D eigenvalue weighted by Gasteiger charge is 2.21. The monoisotopic (exact) mass is 319 g/mol. The average molecular weight is 320 g/mol. The first-order valence-electron chi connectivity index (χ1n) is 6.14. The molecule has 6 heteroatoms. The summed E-state index contributed by atoms with van der Waals surface area (Å²) in [5.41, 5.74) is 0.121. The van der Waals surface area contributed by atoms with E-state index in [1.807, 2.05) is 13.0 Å². The summed E-state index contributed by atoms with van der Waals surface area (Å²) in [6, 6.07) is 5.39. The first kappa shape index (κ1) is 15.4. The van der Waals surface area contributed by atoms with E-state index < -0.39 is 23.5 Å². The fourth-order valence-electron chi connectivity index (χ4n) is 2.01.